The van der Waals surface area contributed by atoms with E-state index in [-0.39, 0.29) is 17.9 Å². The first-order valence-corrected chi connectivity index (χ1v) is 9.84. The van der Waals surface area contributed by atoms with Gasteiger partial charge >= 0.3 is 0 Å². The van der Waals surface area contributed by atoms with Crippen LogP contribution in [-0.4, -0.2) is 0 Å². The molecule has 3 aromatic rings. The topological polar surface area (TPSA) is 44.3 Å². The molecule has 1 fully saturated rings. The molecule has 0 spiro atoms. The highest BCUT2D eigenvalue weighted by atomic mass is 31.2. The van der Waals surface area contributed by atoms with Gasteiger partial charge < -0.3 is 4.89 Å². The van der Waals surface area contributed by atoms with Gasteiger partial charge in [0.15, 0.2) is 5.78 Å². The minimum absolute atomic E-state index is 0.0588. The molecule has 1 heterocycles. The molecule has 0 aliphatic carbocycles. The van der Waals surface area contributed by atoms with Gasteiger partial charge in [0.1, 0.15) is 14.5 Å². The summed E-state index contributed by atoms with van der Waals surface area (Å²) >= 11 is 0. The molecule has 3 aromatic carbocycles. The highest BCUT2D eigenvalue weighted by molar-refractivity contribution is 7.45. The van der Waals surface area contributed by atoms with Crippen LogP contribution in [0.25, 0.3) is 0 Å². The van der Waals surface area contributed by atoms with Gasteiger partial charge in [0.05, 0.1) is 6.04 Å². The third-order valence-corrected chi connectivity index (χ3v) is 6.01. The van der Waals surface area contributed by atoms with Gasteiger partial charge in [-0.05, 0) is 11.1 Å². The van der Waals surface area contributed by atoms with Crippen molar-refractivity contribution in [2.45, 2.75) is 17.9 Å². The van der Waals surface area contributed by atoms with Gasteiger partial charge in [-0.15, -0.1) is 0 Å². The van der Waals surface area contributed by atoms with Crippen LogP contribution in [0, 0.1) is 0 Å². The zero-order valence-corrected chi connectivity index (χ0v) is 14.7. The van der Waals surface area contributed by atoms with Crippen molar-refractivity contribution >= 4 is 8.38 Å². The van der Waals surface area contributed by atoms with E-state index in [2.05, 4.69) is 17.4 Å². The summed E-state index contributed by atoms with van der Waals surface area (Å²) in [6.45, 7) is 0. The number of rotatable bonds is 3. The lowest BCUT2D eigenvalue weighted by molar-refractivity contribution is -0.193. The molecule has 25 heavy (non-hydrogen) atoms. The summed E-state index contributed by atoms with van der Waals surface area (Å²) in [6, 6.07) is 30.1. The standard InChI is InChI=1S/C21H20NO2P/c23-25-21(18-14-8-3-9-15-18)22-19(16-10-4-1-5-11-16)20(24-25)17-12-6-2-7-13-17/h1-15,19-22,25H/t19-,20+,21?/m0/s1. The Kier molecular flexibility index (Phi) is 4.91. The van der Waals surface area contributed by atoms with Crippen molar-refractivity contribution in [3.63, 3.8) is 0 Å². The molecule has 1 N–H and O–H groups in total. The predicted molar refractivity (Wildman–Crippen MR) is 100 cm³/mol. The van der Waals surface area contributed by atoms with Crippen molar-refractivity contribution in [3.8, 4) is 0 Å². The average Bonchev–Trinajstić information content (AvgIpc) is 2.70. The molecule has 4 rings (SSSR count). The number of benzene rings is 3. The third-order valence-electron chi connectivity index (χ3n) is 4.55. The van der Waals surface area contributed by atoms with Gasteiger partial charge in [0.25, 0.3) is 0 Å². The summed E-state index contributed by atoms with van der Waals surface area (Å²) in [6.07, 6.45) is -0.269. The van der Waals surface area contributed by atoms with E-state index in [0.29, 0.717) is 0 Å². The van der Waals surface area contributed by atoms with Crippen molar-refractivity contribution in [3.05, 3.63) is 108 Å². The molecule has 0 radical (unpaired) electrons. The lowest BCUT2D eigenvalue weighted by atomic mass is 9.95. The van der Waals surface area contributed by atoms with Gasteiger partial charge in [-0.1, -0.05) is 91.0 Å². The summed E-state index contributed by atoms with van der Waals surface area (Å²) in [5, 5.41) is 3.59. The van der Waals surface area contributed by atoms with Crippen molar-refractivity contribution in [1.82, 2.24) is 5.32 Å². The molecule has 0 aromatic heterocycles. The largest absolute Gasteiger partial charge is 0.656 e. The van der Waals surface area contributed by atoms with E-state index in [4.69, 9.17) is 4.52 Å². The number of hydrogen-bond acceptors (Lipinski definition) is 3. The Labute approximate surface area is 149 Å². The predicted octanol–water partition coefficient (Wildman–Crippen LogP) is 4.19. The summed E-state index contributed by atoms with van der Waals surface area (Å²) in [4.78, 5) is 12.9. The van der Waals surface area contributed by atoms with Gasteiger partial charge in [-0.25, -0.2) is 4.52 Å². The zero-order valence-electron chi connectivity index (χ0n) is 13.7. The molecule has 4 heteroatoms. The fourth-order valence-electron chi connectivity index (χ4n) is 3.31. The quantitative estimate of drug-likeness (QED) is 0.721. The minimum Gasteiger partial charge on any atom is -0.656 e. The van der Waals surface area contributed by atoms with Crippen molar-refractivity contribution in [2.24, 2.45) is 0 Å². The molecule has 1 aliphatic rings. The molecule has 1 aliphatic heterocycles. The van der Waals surface area contributed by atoms with E-state index in [1.807, 2.05) is 78.9 Å². The van der Waals surface area contributed by atoms with Crippen LogP contribution in [0.3, 0.4) is 0 Å². The normalized spacial score (nSPS) is 26.3. The maximum atomic E-state index is 12.9. The molecule has 3 nitrogen and oxygen atoms in total. The van der Waals surface area contributed by atoms with Crippen LogP contribution in [0.1, 0.15) is 34.6 Å². The summed E-state index contributed by atoms with van der Waals surface area (Å²) in [5.41, 5.74) is 3.17. The van der Waals surface area contributed by atoms with Gasteiger partial charge in [-0.3, -0.25) is 5.32 Å². The van der Waals surface area contributed by atoms with E-state index < -0.39 is 8.38 Å². The Hall–Kier alpha value is -2.03. The Bertz CT molecular complexity index is 798. The van der Waals surface area contributed by atoms with E-state index in [1.54, 1.807) is 0 Å². The van der Waals surface area contributed by atoms with E-state index in [9.17, 15) is 4.89 Å². The Morgan fingerprint density at radius 2 is 1.16 bits per heavy atom. The molecule has 4 atom stereocenters. The van der Waals surface area contributed by atoms with E-state index in [0.717, 1.165) is 16.7 Å². The zero-order chi connectivity index (χ0) is 17.1. The van der Waals surface area contributed by atoms with E-state index in [1.165, 1.54) is 0 Å². The molecular formula is C21H20NO2P. The number of hydrogen-bond donors (Lipinski definition) is 1. The minimum atomic E-state index is -2.28. The lowest BCUT2D eigenvalue weighted by Gasteiger charge is -2.39. The SMILES string of the molecule is [O-][PH+]1O[C@H](c2ccccc2)[C@H](c2ccccc2)NC1c1ccccc1. The number of nitrogens with one attached hydrogen (secondary N) is 1. The Morgan fingerprint density at radius 3 is 1.72 bits per heavy atom. The molecule has 0 saturated carbocycles. The maximum absolute atomic E-state index is 12.9. The van der Waals surface area contributed by atoms with E-state index >= 15 is 0 Å². The van der Waals surface area contributed by atoms with Crippen LogP contribution in [-0.2, 0) is 4.52 Å². The Balaban J connectivity index is 1.71. The first-order chi connectivity index (χ1) is 12.3. The lowest BCUT2D eigenvalue weighted by Crippen LogP contribution is -2.38. The van der Waals surface area contributed by atoms with Gasteiger partial charge in [0.2, 0.25) is 0 Å². The van der Waals surface area contributed by atoms with Crippen LogP contribution < -0.4 is 10.2 Å². The van der Waals surface area contributed by atoms with Crippen LogP contribution >= 0.6 is 8.38 Å². The van der Waals surface area contributed by atoms with Crippen LogP contribution in [0.15, 0.2) is 91.0 Å². The first-order valence-electron chi connectivity index (χ1n) is 8.44. The highest BCUT2D eigenvalue weighted by Crippen LogP contribution is 2.55. The molecular weight excluding hydrogens is 329 g/mol. The molecule has 1 saturated heterocycles. The van der Waals surface area contributed by atoms with Gasteiger partial charge in [0, 0.05) is 5.56 Å². The van der Waals surface area contributed by atoms with Crippen LogP contribution in [0.4, 0.5) is 0 Å². The second-order valence-electron chi connectivity index (χ2n) is 6.17. The fraction of sp³-hybridized carbons (Fsp3) is 0.143. The van der Waals surface area contributed by atoms with Crippen LogP contribution in [0.5, 0.6) is 0 Å². The van der Waals surface area contributed by atoms with Crippen molar-refractivity contribution in [2.75, 3.05) is 0 Å². The third kappa shape index (κ3) is 3.51. The highest BCUT2D eigenvalue weighted by Gasteiger charge is 2.40. The molecule has 0 amide bonds. The van der Waals surface area contributed by atoms with Gasteiger partial charge in [-0.2, -0.15) is 0 Å². The second-order valence-corrected chi connectivity index (χ2v) is 7.62. The van der Waals surface area contributed by atoms with Crippen LogP contribution in [0.2, 0.25) is 0 Å². The maximum Gasteiger partial charge on any atom is 0.165 e. The first kappa shape index (κ1) is 16.4. The molecule has 126 valence electrons. The average molecular weight is 349 g/mol. The summed E-state index contributed by atoms with van der Waals surface area (Å²) in [5.74, 6) is -0.281. The Morgan fingerprint density at radius 1 is 0.680 bits per heavy atom. The molecule has 2 unspecified atom stereocenters. The van der Waals surface area contributed by atoms with Crippen molar-refractivity contribution < 1.29 is 9.42 Å². The summed E-state index contributed by atoms with van der Waals surface area (Å²) < 4.78 is 6.09. The monoisotopic (exact) mass is 349 g/mol. The summed E-state index contributed by atoms with van der Waals surface area (Å²) in [7, 11) is -2.28. The molecule has 0 bridgehead atoms. The van der Waals surface area contributed by atoms with Crippen molar-refractivity contribution in [1.29, 1.82) is 0 Å². The smallest absolute Gasteiger partial charge is 0.165 e. The second kappa shape index (κ2) is 7.47. The fourth-order valence-corrected chi connectivity index (χ4v) is 4.75.